The van der Waals surface area contributed by atoms with E-state index >= 15 is 0 Å². The standard InChI is InChI=1S/C15H19N/c1-15(2,3)13-7-9-14(10-8-13)16-11-5-4-6-12-16/h4-11H,12H2,1-3H3. The lowest BCUT2D eigenvalue weighted by molar-refractivity contribution is 0.590. The Morgan fingerprint density at radius 2 is 1.69 bits per heavy atom. The number of hydrogen-bond acceptors (Lipinski definition) is 1. The predicted octanol–water partition coefficient (Wildman–Crippen LogP) is 3.87. The van der Waals surface area contributed by atoms with E-state index in [1.165, 1.54) is 11.3 Å². The van der Waals surface area contributed by atoms with Gasteiger partial charge in [-0.2, -0.15) is 0 Å². The van der Waals surface area contributed by atoms with Crippen LogP contribution < -0.4 is 4.90 Å². The number of nitrogens with zero attached hydrogens (tertiary/aromatic N) is 1. The molecule has 0 N–H and O–H groups in total. The first-order valence-electron chi connectivity index (χ1n) is 5.78. The van der Waals surface area contributed by atoms with E-state index in [1.807, 2.05) is 0 Å². The second-order valence-corrected chi connectivity index (χ2v) is 5.22. The second-order valence-electron chi connectivity index (χ2n) is 5.22. The van der Waals surface area contributed by atoms with Gasteiger partial charge in [-0.3, -0.25) is 0 Å². The number of benzene rings is 1. The summed E-state index contributed by atoms with van der Waals surface area (Å²) in [5, 5.41) is 0. The van der Waals surface area contributed by atoms with Crippen molar-refractivity contribution in [2.75, 3.05) is 11.4 Å². The summed E-state index contributed by atoms with van der Waals surface area (Å²) in [6.07, 6.45) is 8.44. The summed E-state index contributed by atoms with van der Waals surface area (Å²) in [5.74, 6) is 0. The van der Waals surface area contributed by atoms with E-state index in [2.05, 4.69) is 74.4 Å². The first-order chi connectivity index (χ1) is 7.57. The summed E-state index contributed by atoms with van der Waals surface area (Å²) >= 11 is 0. The van der Waals surface area contributed by atoms with Crippen LogP contribution in [0, 0.1) is 0 Å². The van der Waals surface area contributed by atoms with Crippen molar-refractivity contribution < 1.29 is 0 Å². The predicted molar refractivity (Wildman–Crippen MR) is 70.8 cm³/mol. The molecule has 0 spiro atoms. The van der Waals surface area contributed by atoms with Crippen molar-refractivity contribution in [2.45, 2.75) is 26.2 Å². The average molecular weight is 213 g/mol. The van der Waals surface area contributed by atoms with Gasteiger partial charge < -0.3 is 4.90 Å². The molecular weight excluding hydrogens is 194 g/mol. The second kappa shape index (κ2) is 4.17. The zero-order valence-corrected chi connectivity index (χ0v) is 10.3. The molecule has 16 heavy (non-hydrogen) atoms. The van der Waals surface area contributed by atoms with Gasteiger partial charge in [0.1, 0.15) is 0 Å². The molecular formula is C15H19N. The fourth-order valence-corrected chi connectivity index (χ4v) is 1.81. The van der Waals surface area contributed by atoms with Crippen molar-refractivity contribution in [3.05, 3.63) is 54.3 Å². The maximum absolute atomic E-state index is 2.24. The Morgan fingerprint density at radius 1 is 1.00 bits per heavy atom. The van der Waals surface area contributed by atoms with E-state index in [0.29, 0.717) is 0 Å². The van der Waals surface area contributed by atoms with Gasteiger partial charge in [-0.1, -0.05) is 45.1 Å². The van der Waals surface area contributed by atoms with Crippen LogP contribution in [0.2, 0.25) is 0 Å². The first-order valence-corrected chi connectivity index (χ1v) is 5.78. The number of hydrogen-bond donors (Lipinski definition) is 0. The average Bonchev–Trinajstić information content (AvgIpc) is 2.29. The molecule has 0 fully saturated rings. The molecule has 1 nitrogen and oxygen atoms in total. The fourth-order valence-electron chi connectivity index (χ4n) is 1.81. The smallest absolute Gasteiger partial charge is 0.0409 e. The molecule has 2 rings (SSSR count). The van der Waals surface area contributed by atoms with Crippen molar-refractivity contribution in [2.24, 2.45) is 0 Å². The summed E-state index contributed by atoms with van der Waals surface area (Å²) < 4.78 is 0. The number of allylic oxidation sites excluding steroid dienone is 2. The van der Waals surface area contributed by atoms with E-state index < -0.39 is 0 Å². The largest absolute Gasteiger partial charge is 0.344 e. The Hall–Kier alpha value is -1.50. The van der Waals surface area contributed by atoms with Gasteiger partial charge in [0.25, 0.3) is 0 Å². The van der Waals surface area contributed by atoms with E-state index in [-0.39, 0.29) is 5.41 Å². The third-order valence-corrected chi connectivity index (χ3v) is 2.88. The summed E-state index contributed by atoms with van der Waals surface area (Å²) in [6.45, 7) is 7.69. The van der Waals surface area contributed by atoms with E-state index in [0.717, 1.165) is 6.54 Å². The van der Waals surface area contributed by atoms with E-state index in [1.54, 1.807) is 0 Å². The van der Waals surface area contributed by atoms with Crippen molar-refractivity contribution in [1.29, 1.82) is 0 Å². The van der Waals surface area contributed by atoms with Gasteiger partial charge in [0.05, 0.1) is 0 Å². The highest BCUT2D eigenvalue weighted by molar-refractivity contribution is 5.52. The SMILES string of the molecule is CC(C)(C)c1ccc(N2C=CC=CC2)cc1. The molecule has 84 valence electrons. The van der Waals surface area contributed by atoms with Crippen LogP contribution in [0.4, 0.5) is 5.69 Å². The number of rotatable bonds is 1. The summed E-state index contributed by atoms with van der Waals surface area (Å²) in [6, 6.07) is 8.84. The van der Waals surface area contributed by atoms with Crippen LogP contribution in [0.1, 0.15) is 26.3 Å². The Labute approximate surface area is 98.1 Å². The molecule has 1 heterocycles. The lowest BCUT2D eigenvalue weighted by Gasteiger charge is -2.23. The van der Waals surface area contributed by atoms with Gasteiger partial charge in [-0.15, -0.1) is 0 Å². The van der Waals surface area contributed by atoms with Crippen LogP contribution in [-0.4, -0.2) is 6.54 Å². The van der Waals surface area contributed by atoms with E-state index in [9.17, 15) is 0 Å². The maximum atomic E-state index is 2.24. The van der Waals surface area contributed by atoms with Gasteiger partial charge in [-0.25, -0.2) is 0 Å². The summed E-state index contributed by atoms with van der Waals surface area (Å²) in [5.41, 5.74) is 2.87. The third kappa shape index (κ3) is 2.35. The summed E-state index contributed by atoms with van der Waals surface area (Å²) in [4.78, 5) is 2.24. The van der Waals surface area contributed by atoms with Gasteiger partial charge in [-0.05, 0) is 29.2 Å². The molecule has 1 heteroatoms. The molecule has 0 saturated heterocycles. The highest BCUT2D eigenvalue weighted by Crippen LogP contribution is 2.25. The van der Waals surface area contributed by atoms with Crippen molar-refractivity contribution in [3.8, 4) is 0 Å². The van der Waals surface area contributed by atoms with Crippen LogP contribution >= 0.6 is 0 Å². The minimum absolute atomic E-state index is 0.232. The molecule has 0 radical (unpaired) electrons. The zero-order valence-electron chi connectivity index (χ0n) is 10.3. The Balaban J connectivity index is 2.19. The molecule has 1 aromatic rings. The van der Waals surface area contributed by atoms with Crippen LogP contribution in [0.15, 0.2) is 48.7 Å². The topological polar surface area (TPSA) is 3.24 Å². The summed E-state index contributed by atoms with van der Waals surface area (Å²) in [7, 11) is 0. The van der Waals surface area contributed by atoms with Gasteiger partial charge in [0, 0.05) is 18.4 Å². The minimum atomic E-state index is 0.232. The molecule has 1 aromatic carbocycles. The minimum Gasteiger partial charge on any atom is -0.344 e. The molecule has 0 unspecified atom stereocenters. The molecule has 1 aliphatic heterocycles. The number of anilines is 1. The van der Waals surface area contributed by atoms with E-state index in [4.69, 9.17) is 0 Å². The maximum Gasteiger partial charge on any atom is 0.0409 e. The highest BCUT2D eigenvalue weighted by Gasteiger charge is 2.13. The molecule has 0 atom stereocenters. The van der Waals surface area contributed by atoms with Crippen LogP contribution in [0.5, 0.6) is 0 Å². The normalized spacial score (nSPS) is 15.6. The van der Waals surface area contributed by atoms with Gasteiger partial charge in [0.15, 0.2) is 0 Å². The Bertz CT molecular complexity index is 404. The van der Waals surface area contributed by atoms with Crippen molar-refractivity contribution >= 4 is 5.69 Å². The lowest BCUT2D eigenvalue weighted by atomic mass is 9.87. The molecule has 0 aliphatic carbocycles. The van der Waals surface area contributed by atoms with Crippen molar-refractivity contribution in [3.63, 3.8) is 0 Å². The van der Waals surface area contributed by atoms with Crippen molar-refractivity contribution in [1.82, 2.24) is 0 Å². The Morgan fingerprint density at radius 3 is 2.19 bits per heavy atom. The zero-order chi connectivity index (χ0) is 11.6. The first kappa shape index (κ1) is 11.0. The molecule has 0 amide bonds. The van der Waals surface area contributed by atoms with Gasteiger partial charge >= 0.3 is 0 Å². The van der Waals surface area contributed by atoms with Crippen LogP contribution in [0.3, 0.4) is 0 Å². The fraction of sp³-hybridized carbons (Fsp3) is 0.333. The highest BCUT2D eigenvalue weighted by atomic mass is 15.1. The third-order valence-electron chi connectivity index (χ3n) is 2.88. The molecule has 0 bridgehead atoms. The molecule has 1 aliphatic rings. The quantitative estimate of drug-likeness (QED) is 0.684. The monoisotopic (exact) mass is 213 g/mol. The van der Waals surface area contributed by atoms with Gasteiger partial charge in [0.2, 0.25) is 0 Å². The molecule has 0 aromatic heterocycles. The molecule has 0 saturated carbocycles. The van der Waals surface area contributed by atoms with Crippen LogP contribution in [0.25, 0.3) is 0 Å². The Kier molecular flexibility index (Phi) is 2.86. The lowest BCUT2D eigenvalue weighted by Crippen LogP contribution is -2.18. The van der Waals surface area contributed by atoms with Crippen LogP contribution in [-0.2, 0) is 5.41 Å².